The van der Waals surface area contributed by atoms with Crippen LogP contribution >= 0.6 is 0 Å². The number of hydrogen-bond acceptors (Lipinski definition) is 2. The Balaban J connectivity index is 2.92. The van der Waals surface area contributed by atoms with E-state index in [9.17, 15) is 0 Å². The van der Waals surface area contributed by atoms with Crippen molar-refractivity contribution in [3.63, 3.8) is 0 Å². The van der Waals surface area contributed by atoms with Gasteiger partial charge in [0.1, 0.15) is 11.8 Å². The molecule has 0 atom stereocenters. The predicted octanol–water partition coefficient (Wildman–Crippen LogP) is 2.72. The number of hydrogen-bond donors (Lipinski definition) is 0. The van der Waals surface area contributed by atoms with Crippen molar-refractivity contribution in [1.82, 2.24) is 4.98 Å². The molecular weight excluding hydrogens is 172 g/mol. The van der Waals surface area contributed by atoms with Gasteiger partial charge in [-0.3, -0.25) is 0 Å². The van der Waals surface area contributed by atoms with Gasteiger partial charge >= 0.3 is 0 Å². The van der Waals surface area contributed by atoms with Crippen LogP contribution in [0.25, 0.3) is 10.9 Å². The predicted molar refractivity (Wildman–Crippen MR) is 55.9 cm³/mol. The number of para-hydroxylation sites is 1. The zero-order chi connectivity index (χ0) is 10.1. The van der Waals surface area contributed by atoms with E-state index in [2.05, 4.69) is 11.1 Å². The molecule has 2 nitrogen and oxygen atoms in total. The van der Waals surface area contributed by atoms with Crippen molar-refractivity contribution in [3.8, 4) is 6.07 Å². The summed E-state index contributed by atoms with van der Waals surface area (Å²) in [6.45, 7) is 4.01. The highest BCUT2D eigenvalue weighted by molar-refractivity contribution is 5.85. The van der Waals surface area contributed by atoms with Gasteiger partial charge in [0.2, 0.25) is 0 Å². The molecule has 1 aromatic heterocycles. The van der Waals surface area contributed by atoms with E-state index in [-0.39, 0.29) is 0 Å². The Morgan fingerprint density at radius 2 is 2.00 bits per heavy atom. The van der Waals surface area contributed by atoms with Crippen LogP contribution in [0.15, 0.2) is 24.3 Å². The van der Waals surface area contributed by atoms with Gasteiger partial charge in [0.25, 0.3) is 0 Å². The third kappa shape index (κ3) is 1.23. The van der Waals surface area contributed by atoms with E-state index >= 15 is 0 Å². The number of aryl methyl sites for hydroxylation is 2. The van der Waals surface area contributed by atoms with Crippen LogP contribution in [0, 0.1) is 25.2 Å². The second-order valence-corrected chi connectivity index (χ2v) is 3.41. The van der Waals surface area contributed by atoms with Gasteiger partial charge in [0.05, 0.1) is 5.52 Å². The molecule has 68 valence electrons. The maximum absolute atomic E-state index is 8.80. The zero-order valence-corrected chi connectivity index (χ0v) is 8.20. The van der Waals surface area contributed by atoms with Gasteiger partial charge in [-0.2, -0.15) is 5.26 Å². The minimum Gasteiger partial charge on any atom is -0.237 e. The fourth-order valence-electron chi connectivity index (χ4n) is 1.62. The summed E-state index contributed by atoms with van der Waals surface area (Å²) in [6, 6.07) is 9.95. The highest BCUT2D eigenvalue weighted by Gasteiger charge is 2.03. The fourth-order valence-corrected chi connectivity index (χ4v) is 1.62. The Bertz CT molecular complexity index is 536. The molecule has 14 heavy (non-hydrogen) atoms. The second-order valence-electron chi connectivity index (χ2n) is 3.41. The normalized spacial score (nSPS) is 10.1. The lowest BCUT2D eigenvalue weighted by molar-refractivity contribution is 1.28. The van der Waals surface area contributed by atoms with Gasteiger partial charge in [-0.15, -0.1) is 0 Å². The summed E-state index contributed by atoms with van der Waals surface area (Å²) in [5.74, 6) is 0. The Morgan fingerprint density at radius 3 is 2.71 bits per heavy atom. The molecule has 0 radical (unpaired) electrons. The molecule has 1 heterocycles. The number of benzene rings is 1. The summed E-state index contributed by atoms with van der Waals surface area (Å²) in [5, 5.41) is 9.93. The SMILES string of the molecule is Cc1cc(C#N)nc2c(C)cccc12. The van der Waals surface area contributed by atoms with E-state index < -0.39 is 0 Å². The number of nitrogens with zero attached hydrogens (tertiary/aromatic N) is 2. The summed E-state index contributed by atoms with van der Waals surface area (Å²) in [6.07, 6.45) is 0. The summed E-state index contributed by atoms with van der Waals surface area (Å²) in [5.41, 5.74) is 3.64. The smallest absolute Gasteiger partial charge is 0.141 e. The lowest BCUT2D eigenvalue weighted by Crippen LogP contribution is -1.90. The summed E-state index contributed by atoms with van der Waals surface area (Å²) in [4.78, 5) is 4.29. The van der Waals surface area contributed by atoms with Crippen molar-refractivity contribution < 1.29 is 0 Å². The Morgan fingerprint density at radius 1 is 1.21 bits per heavy atom. The molecule has 2 aromatic rings. The molecule has 2 heteroatoms. The van der Waals surface area contributed by atoms with Gasteiger partial charge in [0.15, 0.2) is 0 Å². The standard InChI is InChI=1S/C12H10N2/c1-8-4-3-5-11-9(2)6-10(7-13)14-12(8)11/h3-6H,1-2H3. The van der Waals surface area contributed by atoms with Gasteiger partial charge in [-0.05, 0) is 31.0 Å². The summed E-state index contributed by atoms with van der Waals surface area (Å²) in [7, 11) is 0. The molecule has 0 aliphatic heterocycles. The van der Waals surface area contributed by atoms with Gasteiger partial charge in [-0.1, -0.05) is 18.2 Å². The van der Waals surface area contributed by atoms with E-state index in [0.717, 1.165) is 22.0 Å². The largest absolute Gasteiger partial charge is 0.237 e. The highest BCUT2D eigenvalue weighted by atomic mass is 14.7. The van der Waals surface area contributed by atoms with Crippen LogP contribution in [0.3, 0.4) is 0 Å². The van der Waals surface area contributed by atoms with Crippen LogP contribution in [0.2, 0.25) is 0 Å². The molecule has 0 spiro atoms. The Hall–Kier alpha value is -1.88. The van der Waals surface area contributed by atoms with Crippen molar-refractivity contribution in [1.29, 1.82) is 5.26 Å². The fraction of sp³-hybridized carbons (Fsp3) is 0.167. The van der Waals surface area contributed by atoms with Crippen molar-refractivity contribution >= 4 is 10.9 Å². The van der Waals surface area contributed by atoms with Crippen LogP contribution in [0.5, 0.6) is 0 Å². The summed E-state index contributed by atoms with van der Waals surface area (Å²) >= 11 is 0. The molecule has 0 N–H and O–H groups in total. The number of rotatable bonds is 0. The Kier molecular flexibility index (Phi) is 1.94. The molecular formula is C12H10N2. The molecule has 0 aliphatic carbocycles. The molecule has 0 bridgehead atoms. The maximum Gasteiger partial charge on any atom is 0.141 e. The van der Waals surface area contributed by atoms with Crippen LogP contribution in [-0.2, 0) is 0 Å². The molecule has 0 saturated carbocycles. The summed E-state index contributed by atoms with van der Waals surface area (Å²) < 4.78 is 0. The van der Waals surface area contributed by atoms with Crippen molar-refractivity contribution in [2.24, 2.45) is 0 Å². The van der Waals surface area contributed by atoms with E-state index in [0.29, 0.717) is 5.69 Å². The van der Waals surface area contributed by atoms with Crippen LogP contribution in [-0.4, -0.2) is 4.98 Å². The molecule has 1 aromatic carbocycles. The monoisotopic (exact) mass is 182 g/mol. The highest BCUT2D eigenvalue weighted by Crippen LogP contribution is 2.20. The molecule has 0 aliphatic rings. The number of pyridine rings is 1. The zero-order valence-electron chi connectivity index (χ0n) is 8.20. The molecule has 2 rings (SSSR count). The van der Waals surface area contributed by atoms with Gasteiger partial charge in [0, 0.05) is 5.39 Å². The lowest BCUT2D eigenvalue weighted by atomic mass is 10.1. The first kappa shape index (κ1) is 8.71. The topological polar surface area (TPSA) is 36.7 Å². The van der Waals surface area contributed by atoms with Gasteiger partial charge < -0.3 is 0 Å². The second kappa shape index (κ2) is 3.12. The first-order chi connectivity index (χ1) is 6.72. The molecule has 0 unspecified atom stereocenters. The van der Waals surface area contributed by atoms with E-state index in [1.54, 1.807) is 0 Å². The van der Waals surface area contributed by atoms with E-state index in [1.165, 1.54) is 0 Å². The van der Waals surface area contributed by atoms with Crippen LogP contribution < -0.4 is 0 Å². The Labute approximate surface area is 82.8 Å². The number of fused-ring (bicyclic) bond motifs is 1. The first-order valence-electron chi connectivity index (χ1n) is 4.49. The minimum absolute atomic E-state index is 0.490. The lowest BCUT2D eigenvalue weighted by Gasteiger charge is -2.04. The number of aromatic nitrogens is 1. The molecule has 0 saturated heterocycles. The maximum atomic E-state index is 8.80. The van der Waals surface area contributed by atoms with Crippen LogP contribution in [0.1, 0.15) is 16.8 Å². The van der Waals surface area contributed by atoms with E-state index in [1.807, 2.05) is 38.1 Å². The minimum atomic E-state index is 0.490. The third-order valence-electron chi connectivity index (χ3n) is 2.36. The van der Waals surface area contributed by atoms with E-state index in [4.69, 9.17) is 5.26 Å². The average molecular weight is 182 g/mol. The molecule has 0 fully saturated rings. The van der Waals surface area contributed by atoms with Gasteiger partial charge in [-0.25, -0.2) is 4.98 Å². The number of nitriles is 1. The van der Waals surface area contributed by atoms with Crippen LogP contribution in [0.4, 0.5) is 0 Å². The average Bonchev–Trinajstić information content (AvgIpc) is 2.19. The quantitative estimate of drug-likeness (QED) is 0.628. The third-order valence-corrected chi connectivity index (χ3v) is 2.36. The van der Waals surface area contributed by atoms with Crippen molar-refractivity contribution in [2.45, 2.75) is 13.8 Å². The van der Waals surface area contributed by atoms with Crippen molar-refractivity contribution in [3.05, 3.63) is 41.1 Å². The first-order valence-corrected chi connectivity index (χ1v) is 4.49. The molecule has 0 amide bonds. The van der Waals surface area contributed by atoms with Crippen molar-refractivity contribution in [2.75, 3.05) is 0 Å².